The molecule has 1 aliphatic rings. The average molecular weight is 173 g/mol. The standard InChI is InChI=1S/C11H11NO/c13-10-6-4-9(5-7-10)11-3-1-2-8-12-11/h1-6,8,10,13H,7H2. The lowest BCUT2D eigenvalue weighted by Crippen LogP contribution is -2.04. The fourth-order valence-electron chi connectivity index (χ4n) is 1.33. The first-order chi connectivity index (χ1) is 6.36. The number of aromatic nitrogens is 1. The highest BCUT2D eigenvalue weighted by atomic mass is 16.3. The molecule has 0 amide bonds. The largest absolute Gasteiger partial charge is 0.389 e. The molecule has 1 N–H and O–H groups in total. The van der Waals surface area contributed by atoms with E-state index in [0.717, 1.165) is 11.3 Å². The van der Waals surface area contributed by atoms with Gasteiger partial charge in [-0.1, -0.05) is 24.3 Å². The molecule has 0 aromatic carbocycles. The van der Waals surface area contributed by atoms with E-state index in [-0.39, 0.29) is 6.10 Å². The van der Waals surface area contributed by atoms with Gasteiger partial charge >= 0.3 is 0 Å². The van der Waals surface area contributed by atoms with E-state index < -0.39 is 0 Å². The van der Waals surface area contributed by atoms with E-state index >= 15 is 0 Å². The Morgan fingerprint density at radius 2 is 2.31 bits per heavy atom. The molecule has 1 aromatic heterocycles. The molecule has 1 aromatic rings. The Balaban J connectivity index is 2.25. The Bertz CT molecular complexity index is 340. The lowest BCUT2D eigenvalue weighted by molar-refractivity contribution is 0.226. The van der Waals surface area contributed by atoms with E-state index in [1.54, 1.807) is 12.3 Å². The topological polar surface area (TPSA) is 33.1 Å². The van der Waals surface area contributed by atoms with E-state index in [2.05, 4.69) is 4.98 Å². The first-order valence-corrected chi connectivity index (χ1v) is 4.34. The van der Waals surface area contributed by atoms with Gasteiger partial charge in [0.2, 0.25) is 0 Å². The molecule has 1 aliphatic carbocycles. The number of pyridine rings is 1. The minimum absolute atomic E-state index is 0.326. The van der Waals surface area contributed by atoms with Crippen LogP contribution < -0.4 is 0 Å². The third kappa shape index (κ3) is 1.84. The molecule has 0 spiro atoms. The molecule has 1 atom stereocenters. The van der Waals surface area contributed by atoms with Gasteiger partial charge in [-0.3, -0.25) is 4.98 Å². The number of nitrogens with zero attached hydrogens (tertiary/aromatic N) is 1. The number of hydrogen-bond acceptors (Lipinski definition) is 2. The quantitative estimate of drug-likeness (QED) is 0.702. The van der Waals surface area contributed by atoms with Gasteiger partial charge in [0.15, 0.2) is 0 Å². The number of rotatable bonds is 1. The third-order valence-electron chi connectivity index (χ3n) is 2.04. The summed E-state index contributed by atoms with van der Waals surface area (Å²) >= 11 is 0. The van der Waals surface area contributed by atoms with Gasteiger partial charge < -0.3 is 5.11 Å². The predicted octanol–water partition coefficient (Wildman–Crippen LogP) is 1.79. The first kappa shape index (κ1) is 8.20. The normalized spacial score (nSPS) is 21.3. The van der Waals surface area contributed by atoms with Crippen LogP contribution in [0.4, 0.5) is 0 Å². The van der Waals surface area contributed by atoms with Crippen molar-refractivity contribution in [1.82, 2.24) is 4.98 Å². The maximum atomic E-state index is 9.22. The van der Waals surface area contributed by atoms with Gasteiger partial charge in [0, 0.05) is 6.20 Å². The summed E-state index contributed by atoms with van der Waals surface area (Å²) in [5.41, 5.74) is 2.05. The van der Waals surface area contributed by atoms with Crippen LogP contribution in [0.15, 0.2) is 42.6 Å². The van der Waals surface area contributed by atoms with Crippen molar-refractivity contribution in [3.05, 3.63) is 48.3 Å². The van der Waals surface area contributed by atoms with Crippen molar-refractivity contribution in [2.75, 3.05) is 0 Å². The second-order valence-electron chi connectivity index (χ2n) is 3.04. The lowest BCUT2D eigenvalue weighted by Gasteiger charge is -2.09. The van der Waals surface area contributed by atoms with Crippen LogP contribution in [-0.2, 0) is 0 Å². The number of allylic oxidation sites excluding steroid dienone is 2. The highest BCUT2D eigenvalue weighted by Gasteiger charge is 2.06. The summed E-state index contributed by atoms with van der Waals surface area (Å²) in [5, 5.41) is 9.22. The van der Waals surface area contributed by atoms with Gasteiger partial charge in [-0.15, -0.1) is 0 Å². The molecule has 0 fully saturated rings. The van der Waals surface area contributed by atoms with Crippen LogP contribution in [0.1, 0.15) is 12.1 Å². The highest BCUT2D eigenvalue weighted by molar-refractivity contribution is 5.72. The minimum Gasteiger partial charge on any atom is -0.389 e. The van der Waals surface area contributed by atoms with Crippen molar-refractivity contribution in [3.63, 3.8) is 0 Å². The van der Waals surface area contributed by atoms with Crippen LogP contribution >= 0.6 is 0 Å². The zero-order valence-corrected chi connectivity index (χ0v) is 7.22. The summed E-state index contributed by atoms with van der Waals surface area (Å²) in [6.07, 6.45) is 7.85. The Morgan fingerprint density at radius 3 is 2.92 bits per heavy atom. The third-order valence-corrected chi connectivity index (χ3v) is 2.04. The van der Waals surface area contributed by atoms with E-state index in [0.29, 0.717) is 6.42 Å². The maximum Gasteiger partial charge on any atom is 0.0758 e. The SMILES string of the molecule is OC1C=CC(c2ccccn2)=CC1. The van der Waals surface area contributed by atoms with E-state index in [4.69, 9.17) is 0 Å². The van der Waals surface area contributed by atoms with Crippen LogP contribution in [0.5, 0.6) is 0 Å². The molecule has 2 nitrogen and oxygen atoms in total. The zero-order valence-electron chi connectivity index (χ0n) is 7.22. The molecule has 0 aliphatic heterocycles. The van der Waals surface area contributed by atoms with Gasteiger partial charge in [0.1, 0.15) is 0 Å². The Labute approximate surface area is 77.2 Å². The summed E-state index contributed by atoms with van der Waals surface area (Å²) in [4.78, 5) is 4.23. The smallest absolute Gasteiger partial charge is 0.0758 e. The van der Waals surface area contributed by atoms with Gasteiger partial charge in [0.05, 0.1) is 11.8 Å². The molecule has 13 heavy (non-hydrogen) atoms. The first-order valence-electron chi connectivity index (χ1n) is 4.34. The van der Waals surface area contributed by atoms with Gasteiger partial charge in [0.25, 0.3) is 0 Å². The summed E-state index contributed by atoms with van der Waals surface area (Å²) in [6, 6.07) is 5.82. The molecule has 0 bridgehead atoms. The van der Waals surface area contributed by atoms with Crippen LogP contribution in [0.3, 0.4) is 0 Å². The molecule has 1 unspecified atom stereocenters. The molecular weight excluding hydrogens is 162 g/mol. The summed E-state index contributed by atoms with van der Waals surface area (Å²) < 4.78 is 0. The van der Waals surface area contributed by atoms with Crippen LogP contribution in [0, 0.1) is 0 Å². The lowest BCUT2D eigenvalue weighted by atomic mass is 10.0. The fraction of sp³-hybridized carbons (Fsp3) is 0.182. The van der Waals surface area contributed by atoms with Crippen molar-refractivity contribution in [1.29, 1.82) is 0 Å². The van der Waals surface area contributed by atoms with Crippen molar-refractivity contribution in [2.45, 2.75) is 12.5 Å². The molecule has 0 radical (unpaired) electrons. The van der Waals surface area contributed by atoms with Gasteiger partial charge in [-0.2, -0.15) is 0 Å². The highest BCUT2D eigenvalue weighted by Crippen LogP contribution is 2.18. The van der Waals surface area contributed by atoms with Crippen LogP contribution in [-0.4, -0.2) is 16.2 Å². The molecule has 1 heterocycles. The Hall–Kier alpha value is -1.41. The van der Waals surface area contributed by atoms with Crippen molar-refractivity contribution >= 4 is 5.57 Å². The van der Waals surface area contributed by atoms with Gasteiger partial charge in [-0.05, 0) is 24.1 Å². The second kappa shape index (κ2) is 3.54. The molecule has 2 rings (SSSR count). The predicted molar refractivity (Wildman–Crippen MR) is 52.0 cm³/mol. The van der Waals surface area contributed by atoms with E-state index in [9.17, 15) is 5.11 Å². The zero-order chi connectivity index (χ0) is 9.10. The monoisotopic (exact) mass is 173 g/mol. The number of aliphatic hydroxyl groups is 1. The molecular formula is C11H11NO. The summed E-state index contributed by atoms with van der Waals surface area (Å²) in [6.45, 7) is 0. The molecule has 66 valence electrons. The van der Waals surface area contributed by atoms with Crippen LogP contribution in [0.2, 0.25) is 0 Å². The fourth-order valence-corrected chi connectivity index (χ4v) is 1.33. The van der Waals surface area contributed by atoms with Crippen LogP contribution in [0.25, 0.3) is 5.57 Å². The van der Waals surface area contributed by atoms with E-state index in [1.165, 1.54) is 0 Å². The Morgan fingerprint density at radius 1 is 1.38 bits per heavy atom. The minimum atomic E-state index is -0.326. The second-order valence-corrected chi connectivity index (χ2v) is 3.04. The Kier molecular flexibility index (Phi) is 2.23. The summed E-state index contributed by atoms with van der Waals surface area (Å²) in [5.74, 6) is 0. The summed E-state index contributed by atoms with van der Waals surface area (Å²) in [7, 11) is 0. The number of hydrogen-bond donors (Lipinski definition) is 1. The average Bonchev–Trinajstić information content (AvgIpc) is 2.20. The van der Waals surface area contributed by atoms with Crippen molar-refractivity contribution in [3.8, 4) is 0 Å². The van der Waals surface area contributed by atoms with Crippen molar-refractivity contribution in [2.24, 2.45) is 0 Å². The molecule has 2 heteroatoms. The van der Waals surface area contributed by atoms with Gasteiger partial charge in [-0.25, -0.2) is 0 Å². The number of aliphatic hydroxyl groups excluding tert-OH is 1. The van der Waals surface area contributed by atoms with E-state index in [1.807, 2.05) is 30.4 Å². The maximum absolute atomic E-state index is 9.22. The molecule has 0 saturated heterocycles. The molecule has 0 saturated carbocycles. The van der Waals surface area contributed by atoms with Crippen molar-refractivity contribution < 1.29 is 5.11 Å².